The molecule has 0 aliphatic carbocycles. The Hall–Kier alpha value is -2.54. The quantitative estimate of drug-likeness (QED) is 0.903. The van der Waals surface area contributed by atoms with Crippen molar-refractivity contribution >= 4 is 17.3 Å². The lowest BCUT2D eigenvalue weighted by Gasteiger charge is -2.34. The van der Waals surface area contributed by atoms with Gasteiger partial charge in [0.2, 0.25) is 0 Å². The molecule has 1 heterocycles. The first kappa shape index (κ1) is 18.3. The first-order chi connectivity index (χ1) is 12.3. The second kappa shape index (κ2) is 7.37. The molecule has 0 radical (unpaired) electrons. The zero-order valence-electron chi connectivity index (χ0n) is 14.4. The molecule has 1 amide bonds. The fraction of sp³-hybridized carbons (Fsp3) is 0.316. The molecule has 2 aromatic carbocycles. The Kier molecular flexibility index (Phi) is 5.18. The van der Waals surface area contributed by atoms with Crippen LogP contribution in [0.2, 0.25) is 0 Å². The minimum Gasteiger partial charge on any atom is -0.369 e. The molecule has 0 saturated carbocycles. The third-order valence-corrected chi connectivity index (χ3v) is 4.45. The smallest absolute Gasteiger partial charge is 0.369 e. The van der Waals surface area contributed by atoms with Crippen LogP contribution in [0.3, 0.4) is 0 Å². The summed E-state index contributed by atoms with van der Waals surface area (Å²) in [6.45, 7) is 3.86. The number of amides is 1. The average molecular weight is 363 g/mol. The minimum absolute atomic E-state index is 0.0250. The summed E-state index contributed by atoms with van der Waals surface area (Å²) in [5.41, 5.74) is 0.749. The van der Waals surface area contributed by atoms with E-state index < -0.39 is 17.6 Å². The SMILES string of the molecule is CN1CCN(c2ccc(NC(=O)c3cccc(C(F)(F)F)c3)cc2)CC1. The molecule has 7 heteroatoms. The summed E-state index contributed by atoms with van der Waals surface area (Å²) in [7, 11) is 2.09. The van der Waals surface area contributed by atoms with Gasteiger partial charge in [-0.1, -0.05) is 6.07 Å². The van der Waals surface area contributed by atoms with Gasteiger partial charge >= 0.3 is 6.18 Å². The van der Waals surface area contributed by atoms with Gasteiger partial charge < -0.3 is 15.1 Å². The number of carbonyl (C=O) groups is 1. The van der Waals surface area contributed by atoms with Gasteiger partial charge in [0, 0.05) is 43.1 Å². The maximum atomic E-state index is 12.8. The number of likely N-dealkylation sites (N-methyl/N-ethyl adjacent to an activating group) is 1. The first-order valence-corrected chi connectivity index (χ1v) is 8.35. The van der Waals surface area contributed by atoms with Crippen LogP contribution in [-0.4, -0.2) is 44.0 Å². The van der Waals surface area contributed by atoms with Crippen LogP contribution in [0, 0.1) is 0 Å². The van der Waals surface area contributed by atoms with E-state index in [-0.39, 0.29) is 5.56 Å². The molecule has 1 saturated heterocycles. The van der Waals surface area contributed by atoms with E-state index in [0.29, 0.717) is 5.69 Å². The van der Waals surface area contributed by atoms with E-state index in [1.165, 1.54) is 12.1 Å². The highest BCUT2D eigenvalue weighted by atomic mass is 19.4. The summed E-state index contributed by atoms with van der Waals surface area (Å²) in [6.07, 6.45) is -4.47. The molecule has 0 atom stereocenters. The Morgan fingerprint density at radius 2 is 1.65 bits per heavy atom. The Morgan fingerprint density at radius 3 is 2.27 bits per heavy atom. The van der Waals surface area contributed by atoms with Gasteiger partial charge in [-0.25, -0.2) is 0 Å². The van der Waals surface area contributed by atoms with Gasteiger partial charge in [0.05, 0.1) is 5.56 Å². The molecule has 0 unspecified atom stereocenters. The molecule has 2 aromatic rings. The maximum absolute atomic E-state index is 12.8. The number of carbonyl (C=O) groups excluding carboxylic acids is 1. The molecule has 1 fully saturated rings. The van der Waals surface area contributed by atoms with Gasteiger partial charge in [-0.05, 0) is 49.5 Å². The fourth-order valence-electron chi connectivity index (χ4n) is 2.86. The van der Waals surface area contributed by atoms with Crippen molar-refractivity contribution in [1.82, 2.24) is 4.90 Å². The van der Waals surface area contributed by atoms with E-state index in [1.807, 2.05) is 12.1 Å². The van der Waals surface area contributed by atoms with Gasteiger partial charge in [-0.15, -0.1) is 0 Å². The van der Waals surface area contributed by atoms with Crippen LogP contribution in [-0.2, 0) is 6.18 Å². The van der Waals surface area contributed by atoms with Crippen LogP contribution in [0.5, 0.6) is 0 Å². The lowest BCUT2D eigenvalue weighted by Crippen LogP contribution is -2.44. The zero-order chi connectivity index (χ0) is 18.7. The average Bonchev–Trinajstić information content (AvgIpc) is 2.62. The monoisotopic (exact) mass is 363 g/mol. The summed E-state index contributed by atoms with van der Waals surface area (Å²) in [5.74, 6) is -0.566. The van der Waals surface area contributed by atoms with Crippen LogP contribution in [0.4, 0.5) is 24.5 Å². The van der Waals surface area contributed by atoms with Gasteiger partial charge in [-0.2, -0.15) is 13.2 Å². The topological polar surface area (TPSA) is 35.6 Å². The standard InChI is InChI=1S/C19H20F3N3O/c1-24-9-11-25(12-10-24)17-7-5-16(6-8-17)23-18(26)14-3-2-4-15(13-14)19(20,21)22/h2-8,13H,9-12H2,1H3,(H,23,26). The van der Waals surface area contributed by atoms with E-state index >= 15 is 0 Å². The van der Waals surface area contributed by atoms with Crippen molar-refractivity contribution in [2.24, 2.45) is 0 Å². The van der Waals surface area contributed by atoms with E-state index in [0.717, 1.165) is 44.0 Å². The number of rotatable bonds is 3. The molecular formula is C19H20F3N3O. The van der Waals surface area contributed by atoms with E-state index in [2.05, 4.69) is 22.2 Å². The van der Waals surface area contributed by atoms with Crippen LogP contribution in [0.15, 0.2) is 48.5 Å². The number of piperazine rings is 1. The van der Waals surface area contributed by atoms with Gasteiger partial charge in [0.15, 0.2) is 0 Å². The van der Waals surface area contributed by atoms with Crippen molar-refractivity contribution in [2.75, 3.05) is 43.4 Å². The molecule has 0 bridgehead atoms. The Labute approximate surface area is 150 Å². The van der Waals surface area contributed by atoms with Crippen molar-refractivity contribution in [1.29, 1.82) is 0 Å². The number of nitrogens with zero attached hydrogens (tertiary/aromatic N) is 2. The minimum atomic E-state index is -4.47. The van der Waals surface area contributed by atoms with Crippen molar-refractivity contribution in [3.8, 4) is 0 Å². The highest BCUT2D eigenvalue weighted by Gasteiger charge is 2.30. The Bertz CT molecular complexity index is 766. The van der Waals surface area contributed by atoms with Crippen molar-refractivity contribution in [3.05, 3.63) is 59.7 Å². The summed E-state index contributed by atoms with van der Waals surface area (Å²) >= 11 is 0. The van der Waals surface area contributed by atoms with E-state index in [9.17, 15) is 18.0 Å². The molecular weight excluding hydrogens is 343 g/mol. The Morgan fingerprint density at radius 1 is 1.00 bits per heavy atom. The predicted octanol–water partition coefficient (Wildman–Crippen LogP) is 3.71. The van der Waals surface area contributed by atoms with Crippen LogP contribution in [0.1, 0.15) is 15.9 Å². The summed E-state index contributed by atoms with van der Waals surface area (Å²) in [4.78, 5) is 16.7. The van der Waals surface area contributed by atoms with Gasteiger partial charge in [0.1, 0.15) is 0 Å². The number of alkyl halides is 3. The normalized spacial score (nSPS) is 15.8. The number of halogens is 3. The fourth-order valence-corrected chi connectivity index (χ4v) is 2.86. The molecule has 138 valence electrons. The molecule has 0 aromatic heterocycles. The lowest BCUT2D eigenvalue weighted by atomic mass is 10.1. The molecule has 3 rings (SSSR count). The Balaban J connectivity index is 1.66. The second-order valence-electron chi connectivity index (χ2n) is 6.37. The van der Waals surface area contributed by atoms with Crippen LogP contribution < -0.4 is 10.2 Å². The molecule has 1 aliphatic heterocycles. The lowest BCUT2D eigenvalue weighted by molar-refractivity contribution is -0.137. The van der Waals surface area contributed by atoms with Crippen molar-refractivity contribution in [3.63, 3.8) is 0 Å². The third kappa shape index (κ3) is 4.35. The third-order valence-electron chi connectivity index (χ3n) is 4.45. The molecule has 4 nitrogen and oxygen atoms in total. The van der Waals surface area contributed by atoms with Crippen molar-refractivity contribution in [2.45, 2.75) is 6.18 Å². The maximum Gasteiger partial charge on any atom is 0.416 e. The van der Waals surface area contributed by atoms with Gasteiger partial charge in [-0.3, -0.25) is 4.79 Å². The first-order valence-electron chi connectivity index (χ1n) is 8.35. The summed E-state index contributed by atoms with van der Waals surface area (Å²) in [6, 6.07) is 11.7. The molecule has 26 heavy (non-hydrogen) atoms. The highest BCUT2D eigenvalue weighted by Crippen LogP contribution is 2.29. The summed E-state index contributed by atoms with van der Waals surface area (Å²) in [5, 5.41) is 2.64. The highest BCUT2D eigenvalue weighted by molar-refractivity contribution is 6.04. The molecule has 1 N–H and O–H groups in total. The number of hydrogen-bond donors (Lipinski definition) is 1. The van der Waals surface area contributed by atoms with Crippen LogP contribution in [0.25, 0.3) is 0 Å². The largest absolute Gasteiger partial charge is 0.416 e. The number of benzene rings is 2. The van der Waals surface area contributed by atoms with Crippen LogP contribution >= 0.6 is 0 Å². The zero-order valence-corrected chi connectivity index (χ0v) is 14.4. The molecule has 0 spiro atoms. The molecule has 1 aliphatic rings. The number of nitrogens with one attached hydrogen (secondary N) is 1. The number of anilines is 2. The summed E-state index contributed by atoms with van der Waals surface area (Å²) < 4.78 is 38.3. The van der Waals surface area contributed by atoms with E-state index in [4.69, 9.17) is 0 Å². The van der Waals surface area contributed by atoms with Gasteiger partial charge in [0.25, 0.3) is 5.91 Å². The van der Waals surface area contributed by atoms with Crippen molar-refractivity contribution < 1.29 is 18.0 Å². The predicted molar refractivity (Wildman–Crippen MR) is 95.5 cm³/mol. The second-order valence-corrected chi connectivity index (χ2v) is 6.37. The number of hydrogen-bond acceptors (Lipinski definition) is 3. The van der Waals surface area contributed by atoms with E-state index in [1.54, 1.807) is 12.1 Å².